The number of rotatable bonds is 12. The van der Waals surface area contributed by atoms with E-state index in [1.165, 1.54) is 0 Å². The first kappa shape index (κ1) is 33.4. The Hall–Kier alpha value is -1.58. The Labute approximate surface area is 212 Å². The van der Waals surface area contributed by atoms with Crippen LogP contribution in [0.5, 0.6) is 0 Å². The van der Waals surface area contributed by atoms with Crippen LogP contribution in [0.1, 0.15) is 11.1 Å². The highest BCUT2D eigenvalue weighted by Crippen LogP contribution is 2.02. The molecular formula is C21H32ClNO9S3. The fourth-order valence-corrected chi connectivity index (χ4v) is 3.22. The van der Waals surface area contributed by atoms with Crippen LogP contribution < -0.4 is 5.14 Å². The first-order chi connectivity index (χ1) is 16.2. The quantitative estimate of drug-likeness (QED) is 0.281. The molecule has 0 spiro atoms. The van der Waals surface area contributed by atoms with Gasteiger partial charge in [-0.2, -0.15) is 0 Å². The van der Waals surface area contributed by atoms with Gasteiger partial charge in [-0.25, -0.2) is 30.4 Å². The van der Waals surface area contributed by atoms with Gasteiger partial charge in [-0.05, 0) is 11.1 Å². The maximum Gasteiger partial charge on any atom is 0.234 e. The van der Waals surface area contributed by atoms with E-state index in [0.717, 1.165) is 17.4 Å². The Morgan fingerprint density at radius 3 is 1.43 bits per heavy atom. The molecule has 200 valence electrons. The molecule has 0 atom stereocenters. The molecule has 3 N–H and O–H groups in total. The van der Waals surface area contributed by atoms with Gasteiger partial charge in [0, 0.05) is 16.9 Å². The van der Waals surface area contributed by atoms with E-state index in [4.69, 9.17) is 30.4 Å². The van der Waals surface area contributed by atoms with Crippen molar-refractivity contribution in [1.29, 1.82) is 0 Å². The fourth-order valence-electron chi connectivity index (χ4n) is 2.03. The van der Waals surface area contributed by atoms with Crippen LogP contribution in [0.4, 0.5) is 0 Å². The standard InChI is InChI=1S/C9H11ClO3S.C9H13NO3S.C3H8O3S/c2*10-14(11,12)7-6-13-8-9-4-2-1-3-5-9;1-7(5,6)3-2-4/h1-5H,6-8H2;1-5H,6-8H2,(H2,10,11,12);4H,2-3H2,1H3. The highest BCUT2D eigenvalue weighted by molar-refractivity contribution is 8.13. The average molecular weight is 574 g/mol. The molecule has 0 bridgehead atoms. The van der Waals surface area contributed by atoms with Crippen molar-refractivity contribution in [3.8, 4) is 0 Å². The lowest BCUT2D eigenvalue weighted by atomic mass is 10.2. The van der Waals surface area contributed by atoms with Gasteiger partial charge in [0.1, 0.15) is 9.84 Å². The summed E-state index contributed by atoms with van der Waals surface area (Å²) in [5.74, 6) is -0.422. The van der Waals surface area contributed by atoms with Gasteiger partial charge >= 0.3 is 0 Å². The molecule has 0 saturated heterocycles. The normalized spacial score (nSPS) is 11.5. The molecule has 2 aromatic carbocycles. The first-order valence-electron chi connectivity index (χ1n) is 10.2. The minimum atomic E-state index is -3.43. The molecule has 0 unspecified atom stereocenters. The largest absolute Gasteiger partial charge is 0.395 e. The van der Waals surface area contributed by atoms with E-state index in [0.29, 0.717) is 13.2 Å². The predicted octanol–water partition coefficient (Wildman–Crippen LogP) is 1.29. The summed E-state index contributed by atoms with van der Waals surface area (Å²) in [6.07, 6.45) is 1.09. The van der Waals surface area contributed by atoms with Gasteiger partial charge in [-0.3, -0.25) is 0 Å². The molecule has 2 rings (SSSR count). The number of hydrogen-bond acceptors (Lipinski definition) is 9. The maximum atomic E-state index is 10.5. The van der Waals surface area contributed by atoms with Crippen LogP contribution in [0.2, 0.25) is 0 Å². The lowest BCUT2D eigenvalue weighted by Crippen LogP contribution is -2.20. The molecule has 35 heavy (non-hydrogen) atoms. The van der Waals surface area contributed by atoms with Crippen molar-refractivity contribution in [2.45, 2.75) is 13.2 Å². The van der Waals surface area contributed by atoms with Crippen LogP contribution in [-0.4, -0.2) is 73.7 Å². The number of primary sulfonamides is 1. The summed E-state index contributed by atoms with van der Waals surface area (Å²) in [6, 6.07) is 19.1. The molecule has 2 aromatic rings. The van der Waals surface area contributed by atoms with Gasteiger partial charge in [0.2, 0.25) is 19.1 Å². The van der Waals surface area contributed by atoms with Gasteiger partial charge in [0.15, 0.2) is 0 Å². The topological polar surface area (TPSA) is 167 Å². The summed E-state index contributed by atoms with van der Waals surface area (Å²) >= 11 is 0. The molecule has 0 fully saturated rings. The van der Waals surface area contributed by atoms with Crippen LogP contribution >= 0.6 is 10.7 Å². The van der Waals surface area contributed by atoms with Crippen LogP contribution in [-0.2, 0) is 51.6 Å². The number of aliphatic hydroxyl groups is 1. The van der Waals surface area contributed by atoms with E-state index in [1.807, 2.05) is 60.7 Å². The van der Waals surface area contributed by atoms with Crippen molar-refractivity contribution in [1.82, 2.24) is 0 Å². The number of ether oxygens (including phenoxy) is 2. The Morgan fingerprint density at radius 1 is 0.743 bits per heavy atom. The predicted molar refractivity (Wildman–Crippen MR) is 137 cm³/mol. The summed E-state index contributed by atoms with van der Waals surface area (Å²) in [7, 11) is -4.75. The molecular weight excluding hydrogens is 542 g/mol. The molecule has 0 amide bonds. The summed E-state index contributed by atoms with van der Waals surface area (Å²) in [5, 5.41) is 12.8. The maximum absolute atomic E-state index is 10.5. The van der Waals surface area contributed by atoms with Crippen molar-refractivity contribution in [2.75, 3.05) is 43.3 Å². The second-order valence-corrected chi connectivity index (χ2v) is 13.9. The number of benzene rings is 2. The third-order valence-electron chi connectivity index (χ3n) is 3.67. The monoisotopic (exact) mass is 573 g/mol. The summed E-state index contributed by atoms with van der Waals surface area (Å²) in [6.45, 7) is 0.802. The molecule has 0 heterocycles. The van der Waals surface area contributed by atoms with Crippen LogP contribution in [0, 0.1) is 0 Å². The second kappa shape index (κ2) is 17.8. The molecule has 0 saturated carbocycles. The zero-order chi connectivity index (χ0) is 26.8. The minimum Gasteiger partial charge on any atom is -0.395 e. The molecule has 0 aliphatic carbocycles. The fraction of sp³-hybridized carbons (Fsp3) is 0.429. The van der Waals surface area contributed by atoms with Gasteiger partial charge in [-0.15, -0.1) is 0 Å². The summed E-state index contributed by atoms with van der Waals surface area (Å²) in [5.41, 5.74) is 2.03. The molecule has 0 aliphatic rings. The third kappa shape index (κ3) is 25.3. The van der Waals surface area contributed by atoms with Crippen molar-refractivity contribution in [3.63, 3.8) is 0 Å². The van der Waals surface area contributed by atoms with Crippen LogP contribution in [0.3, 0.4) is 0 Å². The molecule has 0 aromatic heterocycles. The molecule has 10 nitrogen and oxygen atoms in total. The molecule has 14 heteroatoms. The van der Waals surface area contributed by atoms with E-state index in [9.17, 15) is 25.3 Å². The Morgan fingerprint density at radius 2 is 1.14 bits per heavy atom. The Bertz CT molecular complexity index is 1050. The number of hydrogen-bond donors (Lipinski definition) is 2. The third-order valence-corrected chi connectivity index (χ3v) is 6.45. The number of halogens is 1. The highest BCUT2D eigenvalue weighted by Gasteiger charge is 2.04. The van der Waals surface area contributed by atoms with Gasteiger partial charge in [0.05, 0.1) is 50.3 Å². The Balaban J connectivity index is 0.000000526. The average Bonchev–Trinajstić information content (AvgIpc) is 2.75. The number of nitrogens with two attached hydrogens (primary N) is 1. The van der Waals surface area contributed by atoms with Crippen LogP contribution in [0.15, 0.2) is 60.7 Å². The lowest BCUT2D eigenvalue weighted by Gasteiger charge is -2.02. The van der Waals surface area contributed by atoms with Gasteiger partial charge in [0.25, 0.3) is 0 Å². The van der Waals surface area contributed by atoms with E-state index in [2.05, 4.69) is 0 Å². The lowest BCUT2D eigenvalue weighted by molar-refractivity contribution is 0.135. The molecule has 0 radical (unpaired) electrons. The molecule has 0 aliphatic heterocycles. The first-order valence-corrected chi connectivity index (χ1v) is 16.4. The van der Waals surface area contributed by atoms with Crippen molar-refractivity contribution in [3.05, 3.63) is 71.8 Å². The zero-order valence-corrected chi connectivity index (χ0v) is 22.5. The van der Waals surface area contributed by atoms with Gasteiger partial charge < -0.3 is 14.6 Å². The van der Waals surface area contributed by atoms with E-state index in [-0.39, 0.29) is 37.1 Å². The summed E-state index contributed by atoms with van der Waals surface area (Å²) < 4.78 is 72.5. The minimum absolute atomic E-state index is 0.126. The highest BCUT2D eigenvalue weighted by atomic mass is 35.7. The van der Waals surface area contributed by atoms with E-state index < -0.39 is 28.9 Å². The second-order valence-electron chi connectivity index (χ2n) is 7.04. The summed E-state index contributed by atoms with van der Waals surface area (Å²) in [4.78, 5) is 0. The van der Waals surface area contributed by atoms with E-state index >= 15 is 0 Å². The number of sulfonamides is 1. The number of aliphatic hydroxyl groups excluding tert-OH is 1. The van der Waals surface area contributed by atoms with Crippen molar-refractivity contribution < 1.29 is 39.8 Å². The van der Waals surface area contributed by atoms with Crippen molar-refractivity contribution in [2.24, 2.45) is 5.14 Å². The van der Waals surface area contributed by atoms with Gasteiger partial charge in [-0.1, -0.05) is 60.7 Å². The van der Waals surface area contributed by atoms with Crippen molar-refractivity contribution >= 4 is 39.6 Å². The van der Waals surface area contributed by atoms with E-state index in [1.54, 1.807) is 0 Å². The zero-order valence-electron chi connectivity index (χ0n) is 19.3. The SMILES string of the molecule is CS(=O)(=O)CCO.NS(=O)(=O)CCOCc1ccccc1.O=S(=O)(Cl)CCOCc1ccccc1. The smallest absolute Gasteiger partial charge is 0.234 e. The number of sulfone groups is 1. The van der Waals surface area contributed by atoms with Crippen LogP contribution in [0.25, 0.3) is 0 Å². The Kier molecular flexibility index (Phi) is 17.0.